The molecule has 1 aliphatic heterocycles. The lowest BCUT2D eigenvalue weighted by Crippen LogP contribution is -2.42. The van der Waals surface area contributed by atoms with Crippen molar-refractivity contribution in [1.29, 1.82) is 0 Å². The minimum Gasteiger partial charge on any atom is -0.255 e. The van der Waals surface area contributed by atoms with Crippen LogP contribution in [0, 0.1) is 0 Å². The molecule has 60 valence electrons. The van der Waals surface area contributed by atoms with Crippen LogP contribution in [0.1, 0.15) is 32.6 Å². The van der Waals surface area contributed by atoms with Crippen LogP contribution >= 0.6 is 0 Å². The summed E-state index contributed by atoms with van der Waals surface area (Å²) in [6.07, 6.45) is 5.46. The zero-order valence-corrected chi connectivity index (χ0v) is 7.06. The van der Waals surface area contributed by atoms with Gasteiger partial charge in [0.2, 0.25) is 0 Å². The minimum atomic E-state index is 0.709. The molecule has 1 atom stereocenters. The molecule has 0 radical (unpaired) electrons. The Bertz CT molecular complexity index is 81.3. The molecule has 2 heteroatoms. The molecule has 0 aromatic heterocycles. The molecule has 1 saturated heterocycles. The normalized spacial score (nSPS) is 31.2. The van der Waals surface area contributed by atoms with Gasteiger partial charge in [0.05, 0.1) is 0 Å². The van der Waals surface area contributed by atoms with E-state index in [0.29, 0.717) is 6.04 Å². The van der Waals surface area contributed by atoms with Gasteiger partial charge in [-0.25, -0.2) is 5.01 Å². The molecule has 10 heavy (non-hydrogen) atoms. The monoisotopic (exact) mass is 142 g/mol. The minimum absolute atomic E-state index is 0.709. The Hall–Kier alpha value is -0.0800. The van der Waals surface area contributed by atoms with E-state index in [2.05, 4.69) is 24.4 Å². The van der Waals surface area contributed by atoms with E-state index in [9.17, 15) is 0 Å². The molecule has 2 nitrogen and oxygen atoms in total. The molecule has 0 aromatic carbocycles. The highest BCUT2D eigenvalue weighted by atomic mass is 15.5. The Balaban J connectivity index is 2.28. The first kappa shape index (κ1) is 8.02. The fourth-order valence-electron chi connectivity index (χ4n) is 1.35. The quantitative estimate of drug-likeness (QED) is 0.550. The predicted molar refractivity (Wildman–Crippen MR) is 43.7 cm³/mol. The number of nitrogens with zero attached hydrogens (tertiary/aromatic N) is 1. The lowest BCUT2D eigenvalue weighted by atomic mass is 10.1. The zero-order valence-electron chi connectivity index (χ0n) is 7.06. The van der Waals surface area contributed by atoms with E-state index in [4.69, 9.17) is 0 Å². The fraction of sp³-hybridized carbons (Fsp3) is 1.00. The van der Waals surface area contributed by atoms with Gasteiger partial charge in [0, 0.05) is 19.6 Å². The maximum Gasteiger partial charge on any atom is 0.0212 e. The highest BCUT2D eigenvalue weighted by Gasteiger charge is 2.09. The number of hydrogen-bond donors (Lipinski definition) is 1. The summed E-state index contributed by atoms with van der Waals surface area (Å²) in [5.74, 6) is 0. The van der Waals surface area contributed by atoms with Crippen LogP contribution in [0.4, 0.5) is 0 Å². The standard InChI is InChI=1S/C8H18N2/c1-8-6-4-3-5-7-9-10(8)2/h8-9H,3-7H2,1-2H3. The van der Waals surface area contributed by atoms with Crippen molar-refractivity contribution in [2.45, 2.75) is 38.6 Å². The molecule has 1 aliphatic rings. The van der Waals surface area contributed by atoms with Gasteiger partial charge < -0.3 is 0 Å². The molecule has 0 aliphatic carbocycles. The number of nitrogens with one attached hydrogen (secondary N) is 1. The predicted octanol–water partition coefficient (Wildman–Crippen LogP) is 1.39. The highest BCUT2D eigenvalue weighted by molar-refractivity contribution is 4.63. The van der Waals surface area contributed by atoms with Gasteiger partial charge in [-0.3, -0.25) is 5.43 Å². The van der Waals surface area contributed by atoms with Crippen molar-refractivity contribution >= 4 is 0 Å². The first-order valence-electron chi connectivity index (χ1n) is 4.27. The number of hydrogen-bond acceptors (Lipinski definition) is 2. The van der Waals surface area contributed by atoms with E-state index >= 15 is 0 Å². The Morgan fingerprint density at radius 3 is 2.90 bits per heavy atom. The summed E-state index contributed by atoms with van der Waals surface area (Å²) in [6, 6.07) is 0.709. The average Bonchev–Trinajstić information content (AvgIpc) is 1.92. The average molecular weight is 142 g/mol. The Morgan fingerprint density at radius 2 is 2.10 bits per heavy atom. The van der Waals surface area contributed by atoms with Crippen molar-refractivity contribution in [2.75, 3.05) is 13.6 Å². The van der Waals surface area contributed by atoms with Crippen molar-refractivity contribution in [3.8, 4) is 0 Å². The van der Waals surface area contributed by atoms with E-state index in [1.54, 1.807) is 0 Å². The van der Waals surface area contributed by atoms with E-state index in [0.717, 1.165) is 6.54 Å². The summed E-state index contributed by atoms with van der Waals surface area (Å²) < 4.78 is 0. The second-order valence-electron chi connectivity index (χ2n) is 3.22. The Kier molecular flexibility index (Phi) is 3.16. The molecule has 0 bridgehead atoms. The Labute approximate surface area is 63.6 Å². The molecule has 0 aromatic rings. The maximum atomic E-state index is 3.37. The molecule has 1 fully saturated rings. The summed E-state index contributed by atoms with van der Waals surface area (Å²) in [7, 11) is 2.13. The molecule has 0 spiro atoms. The zero-order chi connectivity index (χ0) is 7.40. The molecule has 1 N–H and O–H groups in total. The van der Waals surface area contributed by atoms with Gasteiger partial charge in [0.25, 0.3) is 0 Å². The lowest BCUT2D eigenvalue weighted by molar-refractivity contribution is 0.152. The van der Waals surface area contributed by atoms with Crippen molar-refractivity contribution in [3.63, 3.8) is 0 Å². The third-order valence-corrected chi connectivity index (χ3v) is 2.32. The smallest absolute Gasteiger partial charge is 0.0212 e. The fourth-order valence-corrected chi connectivity index (χ4v) is 1.35. The van der Waals surface area contributed by atoms with Crippen LogP contribution in [0.2, 0.25) is 0 Å². The topological polar surface area (TPSA) is 15.3 Å². The molecular weight excluding hydrogens is 124 g/mol. The lowest BCUT2D eigenvalue weighted by Gasteiger charge is -2.27. The van der Waals surface area contributed by atoms with Crippen LogP contribution in [0.15, 0.2) is 0 Å². The van der Waals surface area contributed by atoms with Gasteiger partial charge in [0.15, 0.2) is 0 Å². The van der Waals surface area contributed by atoms with E-state index in [1.807, 2.05) is 0 Å². The second-order valence-corrected chi connectivity index (χ2v) is 3.22. The van der Waals surface area contributed by atoms with Crippen LogP contribution in [0.5, 0.6) is 0 Å². The van der Waals surface area contributed by atoms with Crippen LogP contribution in [0.25, 0.3) is 0 Å². The molecule has 1 heterocycles. The van der Waals surface area contributed by atoms with Crippen molar-refractivity contribution in [1.82, 2.24) is 10.4 Å². The second kappa shape index (κ2) is 3.94. The van der Waals surface area contributed by atoms with Gasteiger partial charge in [-0.1, -0.05) is 12.8 Å². The number of rotatable bonds is 0. The molecule has 1 unspecified atom stereocenters. The number of hydrazine groups is 1. The van der Waals surface area contributed by atoms with Gasteiger partial charge in [0.1, 0.15) is 0 Å². The molecule has 1 rings (SSSR count). The summed E-state index contributed by atoms with van der Waals surface area (Å²) >= 11 is 0. The maximum absolute atomic E-state index is 3.37. The van der Waals surface area contributed by atoms with Crippen molar-refractivity contribution < 1.29 is 0 Å². The van der Waals surface area contributed by atoms with E-state index in [-0.39, 0.29) is 0 Å². The molecular formula is C8H18N2. The van der Waals surface area contributed by atoms with E-state index < -0.39 is 0 Å². The largest absolute Gasteiger partial charge is 0.255 e. The third-order valence-electron chi connectivity index (χ3n) is 2.32. The third kappa shape index (κ3) is 2.27. The van der Waals surface area contributed by atoms with Crippen molar-refractivity contribution in [3.05, 3.63) is 0 Å². The molecule has 0 amide bonds. The van der Waals surface area contributed by atoms with Crippen LogP contribution in [0.3, 0.4) is 0 Å². The summed E-state index contributed by atoms with van der Waals surface area (Å²) in [6.45, 7) is 3.43. The first-order chi connectivity index (χ1) is 4.80. The molecule has 0 saturated carbocycles. The summed E-state index contributed by atoms with van der Waals surface area (Å²) in [4.78, 5) is 0. The Morgan fingerprint density at radius 1 is 1.30 bits per heavy atom. The SMILES string of the molecule is CC1CCCCCNN1C. The summed E-state index contributed by atoms with van der Waals surface area (Å²) in [5.41, 5.74) is 3.37. The van der Waals surface area contributed by atoms with Crippen LogP contribution in [-0.2, 0) is 0 Å². The van der Waals surface area contributed by atoms with Crippen molar-refractivity contribution in [2.24, 2.45) is 0 Å². The van der Waals surface area contributed by atoms with Gasteiger partial charge in [-0.2, -0.15) is 0 Å². The van der Waals surface area contributed by atoms with Gasteiger partial charge in [-0.15, -0.1) is 0 Å². The van der Waals surface area contributed by atoms with E-state index in [1.165, 1.54) is 25.7 Å². The highest BCUT2D eigenvalue weighted by Crippen LogP contribution is 2.08. The van der Waals surface area contributed by atoms with Crippen LogP contribution < -0.4 is 5.43 Å². The summed E-state index contributed by atoms with van der Waals surface area (Å²) in [5, 5.41) is 2.24. The van der Waals surface area contributed by atoms with Crippen LogP contribution in [-0.4, -0.2) is 24.6 Å². The van der Waals surface area contributed by atoms with Gasteiger partial charge >= 0.3 is 0 Å². The first-order valence-corrected chi connectivity index (χ1v) is 4.27. The van der Waals surface area contributed by atoms with Gasteiger partial charge in [-0.05, 0) is 19.8 Å².